The Morgan fingerprint density at radius 2 is 1.27 bits per heavy atom. The summed E-state index contributed by atoms with van der Waals surface area (Å²) in [6.45, 7) is 13.9. The third-order valence-corrected chi connectivity index (χ3v) is 6.63. The normalized spacial score (nSPS) is 12.5. The van der Waals surface area contributed by atoms with E-state index >= 15 is 0 Å². The van der Waals surface area contributed by atoms with E-state index in [0.29, 0.717) is 17.9 Å². The van der Waals surface area contributed by atoms with Gasteiger partial charge in [-0.15, -0.1) is 0 Å². The Labute approximate surface area is 205 Å². The van der Waals surface area contributed by atoms with Gasteiger partial charge in [0.15, 0.2) is 0 Å². The Morgan fingerprint density at radius 1 is 0.697 bits per heavy atom. The molecule has 0 fully saturated rings. The van der Waals surface area contributed by atoms with Crippen molar-refractivity contribution in [2.45, 2.75) is 112 Å². The van der Waals surface area contributed by atoms with E-state index < -0.39 is 0 Å². The summed E-state index contributed by atoms with van der Waals surface area (Å²) < 4.78 is 0. The van der Waals surface area contributed by atoms with Gasteiger partial charge >= 0.3 is 0 Å². The van der Waals surface area contributed by atoms with E-state index in [4.69, 9.17) is 5.73 Å². The Hall–Kier alpha value is -1.96. The van der Waals surface area contributed by atoms with Crippen molar-refractivity contribution < 1.29 is 0 Å². The van der Waals surface area contributed by atoms with Crippen molar-refractivity contribution in [1.29, 1.82) is 0 Å². The highest BCUT2D eigenvalue weighted by molar-refractivity contribution is 5.72. The Balaban J connectivity index is 2.34. The Kier molecular flexibility index (Phi) is 11.9. The molecule has 2 N–H and O–H groups in total. The maximum Gasteiger partial charge on any atom is 0.0450 e. The summed E-state index contributed by atoms with van der Waals surface area (Å²) in [6.07, 6.45) is 12.8. The fourth-order valence-electron chi connectivity index (χ4n) is 4.96. The van der Waals surface area contributed by atoms with Crippen LogP contribution in [-0.2, 0) is 12.8 Å². The van der Waals surface area contributed by atoms with Crippen LogP contribution in [0.1, 0.15) is 104 Å². The van der Waals surface area contributed by atoms with Gasteiger partial charge in [0.1, 0.15) is 0 Å². The Morgan fingerprint density at radius 3 is 1.88 bits per heavy atom. The van der Waals surface area contributed by atoms with Gasteiger partial charge in [-0.1, -0.05) is 97.8 Å². The number of unbranched alkanes of at least 4 members (excludes halogenated alkanes) is 6. The highest BCUT2D eigenvalue weighted by atomic mass is 15.2. The third kappa shape index (κ3) is 8.72. The molecule has 0 saturated heterocycles. The summed E-state index contributed by atoms with van der Waals surface area (Å²) in [6, 6.07) is 15.8. The largest absolute Gasteiger partial charge is 0.398 e. The first-order valence-corrected chi connectivity index (χ1v) is 13.6. The first-order valence-electron chi connectivity index (χ1n) is 13.6. The number of hydrogen-bond donors (Lipinski definition) is 1. The van der Waals surface area contributed by atoms with Crippen LogP contribution in [0, 0.1) is 11.8 Å². The zero-order valence-corrected chi connectivity index (χ0v) is 22.4. The molecule has 0 radical (unpaired) electrons. The molecule has 2 rings (SSSR count). The van der Waals surface area contributed by atoms with E-state index in [1.165, 1.54) is 73.9 Å². The van der Waals surface area contributed by atoms with E-state index in [1.54, 1.807) is 0 Å². The molecule has 0 saturated carbocycles. The maximum absolute atomic E-state index is 6.56. The number of rotatable bonds is 15. The fourth-order valence-corrected chi connectivity index (χ4v) is 4.96. The second kappa shape index (κ2) is 14.3. The highest BCUT2D eigenvalue weighted by Gasteiger charge is 2.23. The van der Waals surface area contributed by atoms with Gasteiger partial charge < -0.3 is 10.6 Å². The SMILES string of the molecule is CCCCCCCCCC(C)N(c1ccccc1)c1ccc(N)c(CC(C)C)c1CC(C)C. The molecule has 184 valence electrons. The molecule has 0 aliphatic rings. The number of benzene rings is 2. The lowest BCUT2D eigenvalue weighted by Crippen LogP contribution is -2.30. The second-order valence-electron chi connectivity index (χ2n) is 10.8. The van der Waals surface area contributed by atoms with Crippen LogP contribution < -0.4 is 10.6 Å². The van der Waals surface area contributed by atoms with E-state index in [0.717, 1.165) is 18.5 Å². The van der Waals surface area contributed by atoms with E-state index in [-0.39, 0.29) is 0 Å². The van der Waals surface area contributed by atoms with Crippen molar-refractivity contribution in [1.82, 2.24) is 0 Å². The molecule has 0 aliphatic carbocycles. The van der Waals surface area contributed by atoms with Crippen LogP contribution >= 0.6 is 0 Å². The van der Waals surface area contributed by atoms with E-state index in [9.17, 15) is 0 Å². The minimum atomic E-state index is 0.449. The average molecular weight is 451 g/mol. The van der Waals surface area contributed by atoms with Crippen LogP contribution in [0.2, 0.25) is 0 Å². The topological polar surface area (TPSA) is 29.3 Å². The molecule has 0 bridgehead atoms. The molecule has 0 aliphatic heterocycles. The zero-order valence-electron chi connectivity index (χ0n) is 22.4. The molecule has 0 spiro atoms. The minimum Gasteiger partial charge on any atom is -0.398 e. The van der Waals surface area contributed by atoms with Crippen LogP contribution in [0.4, 0.5) is 17.1 Å². The molecule has 2 heteroatoms. The Bertz CT molecular complexity index is 794. The average Bonchev–Trinajstić information content (AvgIpc) is 2.77. The van der Waals surface area contributed by atoms with Crippen LogP contribution in [0.3, 0.4) is 0 Å². The van der Waals surface area contributed by atoms with Crippen LogP contribution in [-0.4, -0.2) is 6.04 Å². The van der Waals surface area contributed by atoms with Crippen molar-refractivity contribution in [2.75, 3.05) is 10.6 Å². The van der Waals surface area contributed by atoms with Gasteiger partial charge in [-0.25, -0.2) is 0 Å². The lowest BCUT2D eigenvalue weighted by atomic mass is 9.89. The van der Waals surface area contributed by atoms with Crippen molar-refractivity contribution in [3.8, 4) is 0 Å². The molecular weight excluding hydrogens is 400 g/mol. The summed E-state index contributed by atoms with van der Waals surface area (Å²) in [5.41, 5.74) is 13.0. The summed E-state index contributed by atoms with van der Waals surface area (Å²) in [5.74, 6) is 1.18. The lowest BCUT2D eigenvalue weighted by molar-refractivity contribution is 0.541. The first-order chi connectivity index (χ1) is 15.8. The second-order valence-corrected chi connectivity index (χ2v) is 10.8. The third-order valence-electron chi connectivity index (χ3n) is 6.63. The quantitative estimate of drug-likeness (QED) is 0.216. The molecule has 2 aromatic rings. The number of anilines is 3. The highest BCUT2D eigenvalue weighted by Crippen LogP contribution is 2.38. The summed E-state index contributed by atoms with van der Waals surface area (Å²) in [4.78, 5) is 2.60. The molecule has 0 amide bonds. The number of para-hydroxylation sites is 1. The van der Waals surface area contributed by atoms with Crippen LogP contribution in [0.5, 0.6) is 0 Å². The smallest absolute Gasteiger partial charge is 0.0450 e. The monoisotopic (exact) mass is 450 g/mol. The van der Waals surface area contributed by atoms with Crippen molar-refractivity contribution in [3.63, 3.8) is 0 Å². The van der Waals surface area contributed by atoms with Crippen molar-refractivity contribution >= 4 is 17.1 Å². The van der Waals surface area contributed by atoms with Crippen molar-refractivity contribution in [3.05, 3.63) is 53.6 Å². The molecule has 1 unspecified atom stereocenters. The van der Waals surface area contributed by atoms with Gasteiger partial charge in [0, 0.05) is 23.1 Å². The molecule has 2 aromatic carbocycles. The van der Waals surface area contributed by atoms with Crippen LogP contribution in [0.15, 0.2) is 42.5 Å². The van der Waals surface area contributed by atoms with Gasteiger partial charge in [-0.2, -0.15) is 0 Å². The molecule has 0 heterocycles. The van der Waals surface area contributed by atoms with Gasteiger partial charge in [0.05, 0.1) is 0 Å². The molecule has 33 heavy (non-hydrogen) atoms. The first kappa shape index (κ1) is 27.3. The summed E-state index contributed by atoms with van der Waals surface area (Å²) in [5, 5.41) is 0. The van der Waals surface area contributed by atoms with Gasteiger partial charge in [-0.05, 0) is 73.4 Å². The number of nitrogens with zero attached hydrogens (tertiary/aromatic N) is 1. The number of hydrogen-bond acceptors (Lipinski definition) is 2. The van der Waals surface area contributed by atoms with E-state index in [1.807, 2.05) is 0 Å². The van der Waals surface area contributed by atoms with Gasteiger partial charge in [-0.3, -0.25) is 0 Å². The molecular formula is C31H50N2. The predicted octanol–water partition coefficient (Wildman–Crippen LogP) is 9.33. The standard InChI is InChI=1S/C31H50N2/c1-7-8-9-10-11-12-14-17-26(6)33(27-18-15-13-16-19-27)31-21-20-30(32)28(22-24(2)3)29(31)23-25(4)5/h13,15-16,18-21,24-26H,7-12,14,17,22-23,32H2,1-6H3. The van der Waals surface area contributed by atoms with Gasteiger partial charge in [0.2, 0.25) is 0 Å². The number of nitrogens with two attached hydrogens (primary N) is 1. The maximum atomic E-state index is 6.56. The predicted molar refractivity (Wildman–Crippen MR) is 149 cm³/mol. The van der Waals surface area contributed by atoms with Crippen molar-refractivity contribution in [2.24, 2.45) is 11.8 Å². The number of nitrogen functional groups attached to an aromatic ring is 1. The summed E-state index contributed by atoms with van der Waals surface area (Å²) in [7, 11) is 0. The molecule has 1 atom stereocenters. The van der Waals surface area contributed by atoms with E-state index in [2.05, 4.69) is 88.9 Å². The van der Waals surface area contributed by atoms with Crippen LogP contribution in [0.25, 0.3) is 0 Å². The zero-order chi connectivity index (χ0) is 24.2. The lowest BCUT2D eigenvalue weighted by Gasteiger charge is -2.35. The molecule has 0 aromatic heterocycles. The van der Waals surface area contributed by atoms with Gasteiger partial charge in [0.25, 0.3) is 0 Å². The molecule has 2 nitrogen and oxygen atoms in total. The summed E-state index contributed by atoms with van der Waals surface area (Å²) >= 11 is 0. The fraction of sp³-hybridized carbons (Fsp3) is 0.613. The minimum absolute atomic E-state index is 0.449.